The molecular weight excluding hydrogens is 523 g/mol. The van der Waals surface area contributed by atoms with Crippen LogP contribution in [-0.4, -0.2) is 24.3 Å². The number of aliphatic imine (C=N–C) groups is 1. The molecule has 0 atom stereocenters. The standard InChI is InChI=1S/C21H16ClIN2O3S/c1-3-9-28-19-16(23)10-13(11-17(19)27-4-2)12-18-20(26)25-21(29-18)24-15-7-5-14(22)6-8-15/h1,5-8,10-12H,4,9H2,2H3,(H,24,25,26)/b18-12-. The fraction of sp³-hybridized carbons (Fsp3) is 0.143. The van der Waals surface area contributed by atoms with Gasteiger partial charge in [-0.1, -0.05) is 17.5 Å². The van der Waals surface area contributed by atoms with Crippen LogP contribution in [0.1, 0.15) is 12.5 Å². The number of nitrogens with one attached hydrogen (secondary N) is 1. The van der Waals surface area contributed by atoms with Crippen molar-refractivity contribution in [3.8, 4) is 23.8 Å². The summed E-state index contributed by atoms with van der Waals surface area (Å²) in [6.45, 7) is 2.53. The minimum Gasteiger partial charge on any atom is -0.490 e. The van der Waals surface area contributed by atoms with E-state index in [1.807, 2.05) is 19.1 Å². The van der Waals surface area contributed by atoms with Crippen molar-refractivity contribution in [1.29, 1.82) is 0 Å². The predicted molar refractivity (Wildman–Crippen MR) is 127 cm³/mol. The number of hydrogen-bond acceptors (Lipinski definition) is 5. The maximum absolute atomic E-state index is 12.4. The van der Waals surface area contributed by atoms with Crippen LogP contribution in [0.3, 0.4) is 0 Å². The normalized spacial score (nSPS) is 16.0. The molecule has 8 heteroatoms. The number of thioether (sulfide) groups is 1. The van der Waals surface area contributed by atoms with Crippen molar-refractivity contribution in [2.45, 2.75) is 6.92 Å². The zero-order valence-electron chi connectivity index (χ0n) is 15.4. The van der Waals surface area contributed by atoms with Crippen molar-refractivity contribution < 1.29 is 14.3 Å². The number of rotatable bonds is 6. The maximum atomic E-state index is 12.4. The summed E-state index contributed by atoms with van der Waals surface area (Å²) in [6.07, 6.45) is 7.08. The number of benzene rings is 2. The predicted octanol–water partition coefficient (Wildman–Crippen LogP) is 5.25. The molecule has 0 aliphatic carbocycles. The zero-order chi connectivity index (χ0) is 20.8. The molecule has 5 nitrogen and oxygen atoms in total. The van der Waals surface area contributed by atoms with Crippen LogP contribution in [0.15, 0.2) is 46.3 Å². The molecule has 2 aromatic rings. The van der Waals surface area contributed by atoms with E-state index < -0.39 is 0 Å². The van der Waals surface area contributed by atoms with Gasteiger partial charge in [0.05, 0.1) is 20.8 Å². The first-order valence-electron chi connectivity index (χ1n) is 8.58. The van der Waals surface area contributed by atoms with Crippen LogP contribution in [0.2, 0.25) is 5.02 Å². The molecule has 3 rings (SSSR count). The number of nitrogens with zero attached hydrogens (tertiary/aromatic N) is 1. The fourth-order valence-corrected chi connectivity index (χ4v) is 4.20. The average molecular weight is 539 g/mol. The van der Waals surface area contributed by atoms with Gasteiger partial charge in [0, 0.05) is 5.02 Å². The smallest absolute Gasteiger partial charge is 0.264 e. The quantitative estimate of drug-likeness (QED) is 0.310. The lowest BCUT2D eigenvalue weighted by molar-refractivity contribution is -0.115. The number of carbonyl (C=O) groups is 1. The first-order valence-corrected chi connectivity index (χ1v) is 10.8. The molecule has 1 aliphatic heterocycles. The van der Waals surface area contributed by atoms with Gasteiger partial charge in [-0.25, -0.2) is 4.99 Å². The second kappa shape index (κ2) is 10.1. The fourth-order valence-electron chi connectivity index (χ4n) is 2.45. The molecule has 2 aromatic carbocycles. The molecule has 0 bridgehead atoms. The van der Waals surface area contributed by atoms with Gasteiger partial charge in [0.2, 0.25) is 0 Å². The molecule has 1 amide bonds. The summed E-state index contributed by atoms with van der Waals surface area (Å²) in [5, 5.41) is 3.92. The summed E-state index contributed by atoms with van der Waals surface area (Å²) >= 11 is 9.32. The molecule has 0 spiro atoms. The summed E-state index contributed by atoms with van der Waals surface area (Å²) in [5.41, 5.74) is 1.53. The van der Waals surface area contributed by atoms with Crippen molar-refractivity contribution in [1.82, 2.24) is 5.32 Å². The molecule has 1 saturated heterocycles. The van der Waals surface area contributed by atoms with Crippen LogP contribution in [0, 0.1) is 15.9 Å². The molecule has 1 heterocycles. The largest absolute Gasteiger partial charge is 0.490 e. The molecule has 1 aliphatic rings. The summed E-state index contributed by atoms with van der Waals surface area (Å²) in [6, 6.07) is 10.8. The number of terminal acetylenes is 1. The number of amides is 1. The molecule has 0 radical (unpaired) electrons. The number of hydrogen-bond donors (Lipinski definition) is 1. The monoisotopic (exact) mass is 538 g/mol. The summed E-state index contributed by atoms with van der Waals surface area (Å²) < 4.78 is 12.1. The molecule has 29 heavy (non-hydrogen) atoms. The van der Waals surface area contributed by atoms with Gasteiger partial charge in [-0.2, -0.15) is 0 Å². The van der Waals surface area contributed by atoms with Crippen molar-refractivity contribution in [2.24, 2.45) is 4.99 Å². The second-order valence-electron chi connectivity index (χ2n) is 5.71. The maximum Gasteiger partial charge on any atom is 0.264 e. The van der Waals surface area contributed by atoms with Gasteiger partial charge in [0.1, 0.15) is 6.61 Å². The number of amidine groups is 1. The van der Waals surface area contributed by atoms with Gasteiger partial charge >= 0.3 is 0 Å². The van der Waals surface area contributed by atoms with Crippen LogP contribution >= 0.6 is 46.0 Å². The lowest BCUT2D eigenvalue weighted by atomic mass is 10.2. The highest BCUT2D eigenvalue weighted by Gasteiger charge is 2.24. The Morgan fingerprint density at radius 3 is 2.76 bits per heavy atom. The van der Waals surface area contributed by atoms with E-state index in [4.69, 9.17) is 27.5 Å². The van der Waals surface area contributed by atoms with E-state index in [0.29, 0.717) is 38.9 Å². The molecule has 1 N–H and O–H groups in total. The van der Waals surface area contributed by atoms with E-state index in [9.17, 15) is 4.79 Å². The Balaban J connectivity index is 1.86. The van der Waals surface area contributed by atoms with Crippen LogP contribution in [-0.2, 0) is 4.79 Å². The van der Waals surface area contributed by atoms with Gasteiger partial charge in [0.15, 0.2) is 16.7 Å². The summed E-state index contributed by atoms with van der Waals surface area (Å²) in [7, 11) is 0. The highest BCUT2D eigenvalue weighted by Crippen LogP contribution is 2.36. The van der Waals surface area contributed by atoms with E-state index >= 15 is 0 Å². The van der Waals surface area contributed by atoms with Crippen molar-refractivity contribution in [2.75, 3.05) is 13.2 Å². The van der Waals surface area contributed by atoms with Crippen molar-refractivity contribution in [3.05, 3.63) is 55.5 Å². The van der Waals surface area contributed by atoms with Gasteiger partial charge in [-0.05, 0) is 89.3 Å². The Morgan fingerprint density at radius 1 is 1.31 bits per heavy atom. The lowest BCUT2D eigenvalue weighted by Crippen LogP contribution is -2.19. The summed E-state index contributed by atoms with van der Waals surface area (Å²) in [5.74, 6) is 3.43. The Bertz CT molecular complexity index is 1030. The Hall–Kier alpha value is -2.15. The lowest BCUT2D eigenvalue weighted by Gasteiger charge is -2.13. The van der Waals surface area contributed by atoms with E-state index in [2.05, 4.69) is 38.8 Å². The first kappa shape index (κ1) is 21.6. The molecular formula is C21H16ClIN2O3S. The number of halogens is 2. The second-order valence-corrected chi connectivity index (χ2v) is 8.34. The minimum absolute atomic E-state index is 0.152. The van der Waals surface area contributed by atoms with E-state index in [1.165, 1.54) is 11.8 Å². The van der Waals surface area contributed by atoms with Gasteiger partial charge in [0.25, 0.3) is 5.91 Å². The van der Waals surface area contributed by atoms with Gasteiger partial charge in [-0.3, -0.25) is 4.79 Å². The molecule has 148 valence electrons. The van der Waals surface area contributed by atoms with E-state index in [-0.39, 0.29) is 12.5 Å². The van der Waals surface area contributed by atoms with E-state index in [1.54, 1.807) is 30.3 Å². The van der Waals surface area contributed by atoms with Gasteiger partial charge < -0.3 is 14.8 Å². The van der Waals surface area contributed by atoms with Crippen molar-refractivity contribution in [3.63, 3.8) is 0 Å². The Labute approximate surface area is 192 Å². The van der Waals surface area contributed by atoms with Crippen molar-refractivity contribution >= 4 is 68.8 Å². The molecule has 0 aromatic heterocycles. The van der Waals surface area contributed by atoms with Gasteiger partial charge in [-0.15, -0.1) is 6.42 Å². The Kier molecular flexibility index (Phi) is 7.47. The number of ether oxygens (including phenoxy) is 2. The third-order valence-corrected chi connectivity index (χ3v) is 5.60. The van der Waals surface area contributed by atoms with E-state index in [0.717, 1.165) is 9.13 Å². The number of carbonyl (C=O) groups excluding carboxylic acids is 1. The SMILES string of the molecule is C#CCOc1c(I)cc(/C=C2\SC(=Nc3ccc(Cl)cc3)NC2=O)cc1OCC. The van der Waals surface area contributed by atoms with Crippen LogP contribution in [0.5, 0.6) is 11.5 Å². The molecule has 0 saturated carbocycles. The minimum atomic E-state index is -0.205. The average Bonchev–Trinajstić information content (AvgIpc) is 3.02. The molecule has 1 fully saturated rings. The topological polar surface area (TPSA) is 59.9 Å². The molecule has 0 unspecified atom stereocenters. The van der Waals surface area contributed by atoms with Crippen LogP contribution < -0.4 is 14.8 Å². The third-order valence-electron chi connectivity index (χ3n) is 3.64. The van der Waals surface area contributed by atoms with Crippen LogP contribution in [0.25, 0.3) is 6.08 Å². The Morgan fingerprint density at radius 2 is 2.07 bits per heavy atom. The zero-order valence-corrected chi connectivity index (χ0v) is 19.1. The summed E-state index contributed by atoms with van der Waals surface area (Å²) in [4.78, 5) is 17.3. The third kappa shape index (κ3) is 5.69. The van der Waals surface area contributed by atoms with Crippen LogP contribution in [0.4, 0.5) is 5.69 Å². The highest BCUT2D eigenvalue weighted by molar-refractivity contribution is 14.1. The highest BCUT2D eigenvalue weighted by atomic mass is 127. The first-order chi connectivity index (χ1) is 14.0.